The number of halogens is 1. The van der Waals surface area contributed by atoms with Crippen LogP contribution in [0.1, 0.15) is 10.6 Å². The van der Waals surface area contributed by atoms with Crippen molar-refractivity contribution >= 4 is 39.9 Å². The summed E-state index contributed by atoms with van der Waals surface area (Å²) in [6.07, 6.45) is 1.00. The van der Waals surface area contributed by atoms with Gasteiger partial charge in [-0.2, -0.15) is 12.6 Å². The van der Waals surface area contributed by atoms with Crippen molar-refractivity contribution in [1.82, 2.24) is 4.98 Å². The summed E-state index contributed by atoms with van der Waals surface area (Å²) < 4.78 is 1.09. The Morgan fingerprint density at radius 2 is 2.25 bits per heavy atom. The number of rotatable bonds is 3. The van der Waals surface area contributed by atoms with E-state index in [-0.39, 0.29) is 0 Å². The molecular weight excluding hydrogens is 302 g/mol. The number of thiol groups is 1. The van der Waals surface area contributed by atoms with E-state index in [2.05, 4.69) is 52.6 Å². The van der Waals surface area contributed by atoms with Gasteiger partial charge in [-0.15, -0.1) is 11.3 Å². The Balaban J connectivity index is 2.37. The maximum absolute atomic E-state index is 4.60. The van der Waals surface area contributed by atoms with Crippen LogP contribution < -0.4 is 0 Å². The molecule has 4 heteroatoms. The second-order valence-corrected chi connectivity index (χ2v) is 5.96. The SMILES string of the molecule is Cc1nc(-c2cccc(Br)c2)sc1CCS. The van der Waals surface area contributed by atoms with E-state index in [0.717, 1.165) is 27.3 Å². The van der Waals surface area contributed by atoms with Crippen LogP contribution in [0.25, 0.3) is 10.6 Å². The van der Waals surface area contributed by atoms with Crippen molar-refractivity contribution in [3.63, 3.8) is 0 Å². The van der Waals surface area contributed by atoms with E-state index < -0.39 is 0 Å². The third-order valence-corrected chi connectivity index (χ3v) is 4.29. The molecule has 0 amide bonds. The molecule has 1 nitrogen and oxygen atoms in total. The number of nitrogens with zero attached hydrogens (tertiary/aromatic N) is 1. The van der Waals surface area contributed by atoms with Crippen LogP contribution in [-0.2, 0) is 6.42 Å². The normalized spacial score (nSPS) is 10.7. The van der Waals surface area contributed by atoms with Gasteiger partial charge in [0.15, 0.2) is 0 Å². The molecule has 16 heavy (non-hydrogen) atoms. The topological polar surface area (TPSA) is 12.9 Å². The van der Waals surface area contributed by atoms with Gasteiger partial charge in [0, 0.05) is 14.9 Å². The number of hydrogen-bond donors (Lipinski definition) is 1. The highest BCUT2D eigenvalue weighted by molar-refractivity contribution is 9.10. The third kappa shape index (κ3) is 2.67. The number of thiazole rings is 1. The first-order valence-corrected chi connectivity index (χ1v) is 7.28. The largest absolute Gasteiger partial charge is 0.241 e. The molecule has 0 aliphatic heterocycles. The Kier molecular flexibility index (Phi) is 4.05. The molecule has 84 valence electrons. The molecule has 0 aliphatic rings. The van der Waals surface area contributed by atoms with Gasteiger partial charge in [0.25, 0.3) is 0 Å². The molecule has 1 heterocycles. The zero-order valence-electron chi connectivity index (χ0n) is 8.90. The highest BCUT2D eigenvalue weighted by Gasteiger charge is 2.08. The first-order valence-electron chi connectivity index (χ1n) is 5.04. The van der Waals surface area contributed by atoms with E-state index >= 15 is 0 Å². The molecule has 0 radical (unpaired) electrons. The van der Waals surface area contributed by atoms with Gasteiger partial charge in [0.1, 0.15) is 5.01 Å². The van der Waals surface area contributed by atoms with Crippen LogP contribution in [-0.4, -0.2) is 10.7 Å². The van der Waals surface area contributed by atoms with E-state index in [9.17, 15) is 0 Å². The maximum Gasteiger partial charge on any atom is 0.123 e. The van der Waals surface area contributed by atoms with Gasteiger partial charge in [-0.05, 0) is 31.2 Å². The molecule has 2 aromatic rings. The van der Waals surface area contributed by atoms with E-state index in [1.54, 1.807) is 11.3 Å². The molecule has 0 aliphatic carbocycles. The minimum absolute atomic E-state index is 0.876. The summed E-state index contributed by atoms with van der Waals surface area (Å²) in [7, 11) is 0. The van der Waals surface area contributed by atoms with E-state index in [0.29, 0.717) is 0 Å². The molecule has 0 unspecified atom stereocenters. The zero-order valence-corrected chi connectivity index (χ0v) is 12.2. The predicted molar refractivity (Wildman–Crippen MR) is 77.5 cm³/mol. The monoisotopic (exact) mass is 313 g/mol. The Morgan fingerprint density at radius 1 is 1.44 bits per heavy atom. The summed E-state index contributed by atoms with van der Waals surface area (Å²) in [5.41, 5.74) is 2.31. The fraction of sp³-hybridized carbons (Fsp3) is 0.250. The van der Waals surface area contributed by atoms with Crippen LogP contribution in [0.15, 0.2) is 28.7 Å². The zero-order chi connectivity index (χ0) is 11.5. The minimum Gasteiger partial charge on any atom is -0.241 e. The summed E-state index contributed by atoms with van der Waals surface area (Å²) >= 11 is 9.51. The number of aryl methyl sites for hydroxylation is 2. The number of benzene rings is 1. The van der Waals surface area contributed by atoms with Crippen molar-refractivity contribution in [1.29, 1.82) is 0 Å². The van der Waals surface area contributed by atoms with Gasteiger partial charge in [-0.1, -0.05) is 28.1 Å². The summed E-state index contributed by atoms with van der Waals surface area (Å²) in [4.78, 5) is 5.94. The van der Waals surface area contributed by atoms with Crippen molar-refractivity contribution in [2.75, 3.05) is 5.75 Å². The van der Waals surface area contributed by atoms with Crippen LogP contribution in [0.2, 0.25) is 0 Å². The molecule has 0 saturated carbocycles. The minimum atomic E-state index is 0.876. The molecule has 0 N–H and O–H groups in total. The molecule has 1 aromatic heterocycles. The lowest BCUT2D eigenvalue weighted by Gasteiger charge is -1.96. The summed E-state index contributed by atoms with van der Waals surface area (Å²) in [5.74, 6) is 0.876. The van der Waals surface area contributed by atoms with E-state index in [1.807, 2.05) is 12.1 Å². The van der Waals surface area contributed by atoms with Gasteiger partial charge in [0.2, 0.25) is 0 Å². The van der Waals surface area contributed by atoms with Crippen LogP contribution in [0.4, 0.5) is 0 Å². The first-order chi connectivity index (χ1) is 7.70. The Morgan fingerprint density at radius 3 is 2.94 bits per heavy atom. The van der Waals surface area contributed by atoms with E-state index in [4.69, 9.17) is 0 Å². The molecular formula is C12H12BrNS2. The average Bonchev–Trinajstić information content (AvgIpc) is 2.61. The van der Waals surface area contributed by atoms with Crippen molar-refractivity contribution in [3.8, 4) is 10.6 Å². The fourth-order valence-corrected chi connectivity index (χ4v) is 3.34. The molecule has 0 bridgehead atoms. The Bertz CT molecular complexity index is 494. The highest BCUT2D eigenvalue weighted by Crippen LogP contribution is 2.29. The second kappa shape index (κ2) is 5.34. The third-order valence-electron chi connectivity index (χ3n) is 2.30. The van der Waals surface area contributed by atoms with Gasteiger partial charge in [-0.25, -0.2) is 4.98 Å². The molecule has 0 spiro atoms. The van der Waals surface area contributed by atoms with Crippen LogP contribution >= 0.6 is 39.9 Å². The van der Waals surface area contributed by atoms with Gasteiger partial charge < -0.3 is 0 Å². The molecule has 0 fully saturated rings. The lowest BCUT2D eigenvalue weighted by Crippen LogP contribution is -1.84. The number of hydrogen-bond acceptors (Lipinski definition) is 3. The highest BCUT2D eigenvalue weighted by atomic mass is 79.9. The van der Waals surface area contributed by atoms with Gasteiger partial charge in [0.05, 0.1) is 5.69 Å². The Hall–Kier alpha value is -0.320. The molecule has 2 rings (SSSR count). The number of aromatic nitrogens is 1. The second-order valence-electron chi connectivity index (χ2n) is 3.51. The standard InChI is InChI=1S/C12H12BrNS2/c1-8-11(5-6-15)16-12(14-8)9-3-2-4-10(13)7-9/h2-4,7,15H,5-6H2,1H3. The van der Waals surface area contributed by atoms with Gasteiger partial charge in [-0.3, -0.25) is 0 Å². The van der Waals surface area contributed by atoms with Crippen molar-refractivity contribution in [2.45, 2.75) is 13.3 Å². The first kappa shape index (κ1) is 12.1. The maximum atomic E-state index is 4.60. The lowest BCUT2D eigenvalue weighted by molar-refractivity contribution is 1.13. The fourth-order valence-electron chi connectivity index (χ4n) is 1.51. The average molecular weight is 314 g/mol. The summed E-state index contributed by atoms with van der Waals surface area (Å²) in [6, 6.07) is 8.25. The molecule has 0 saturated heterocycles. The Labute approximate surface area is 113 Å². The van der Waals surface area contributed by atoms with Crippen molar-refractivity contribution < 1.29 is 0 Å². The van der Waals surface area contributed by atoms with Crippen LogP contribution in [0.3, 0.4) is 0 Å². The van der Waals surface area contributed by atoms with Crippen molar-refractivity contribution in [3.05, 3.63) is 39.3 Å². The quantitative estimate of drug-likeness (QED) is 0.831. The summed E-state index contributed by atoms with van der Waals surface area (Å²) in [5, 5.41) is 1.09. The summed E-state index contributed by atoms with van der Waals surface area (Å²) in [6.45, 7) is 2.07. The smallest absolute Gasteiger partial charge is 0.123 e. The molecule has 1 aromatic carbocycles. The predicted octanol–water partition coefficient (Wildman–Crippen LogP) is 4.35. The van der Waals surface area contributed by atoms with E-state index in [1.165, 1.54) is 10.4 Å². The molecule has 0 atom stereocenters. The van der Waals surface area contributed by atoms with Gasteiger partial charge >= 0.3 is 0 Å². The lowest BCUT2D eigenvalue weighted by atomic mass is 10.2. The van der Waals surface area contributed by atoms with Crippen molar-refractivity contribution in [2.24, 2.45) is 0 Å². The van der Waals surface area contributed by atoms with Crippen LogP contribution in [0, 0.1) is 6.92 Å². The van der Waals surface area contributed by atoms with Crippen LogP contribution in [0.5, 0.6) is 0 Å².